The quantitative estimate of drug-likeness (QED) is 0.807. The summed E-state index contributed by atoms with van der Waals surface area (Å²) >= 11 is 6.71. The second-order valence-electron chi connectivity index (χ2n) is 6.70. The zero-order valence-corrected chi connectivity index (χ0v) is 15.7. The van der Waals surface area contributed by atoms with Crippen molar-refractivity contribution >= 4 is 34.7 Å². The minimum absolute atomic E-state index is 0.0496. The van der Waals surface area contributed by atoms with Crippen molar-refractivity contribution in [3.8, 4) is 5.06 Å². The maximum Gasteiger partial charge on any atom is 0.388 e. The molecule has 27 heavy (non-hydrogen) atoms. The number of nitrogens with one attached hydrogen (secondary N) is 1. The molecule has 6 nitrogen and oxygen atoms in total. The van der Waals surface area contributed by atoms with E-state index < -0.39 is 6.61 Å². The van der Waals surface area contributed by atoms with Crippen LogP contribution in [-0.4, -0.2) is 46.7 Å². The smallest absolute Gasteiger partial charge is 0.388 e. The standard InChI is InChI=1S/C17H17ClF2N4O2S/c18-13-4-5-14(23-22-13)21-11-2-1-9-7-24(8-10(9)11)16(25)12-3-6-15(27-12)26-17(19)20/h3-6,9-11,17H,1-2,7-8H2,(H,21,23)/t9-,10+,11+/m0/s1. The van der Waals surface area contributed by atoms with Gasteiger partial charge >= 0.3 is 6.61 Å². The number of nitrogens with zero attached hydrogens (tertiary/aromatic N) is 3. The first kappa shape index (κ1) is 18.4. The summed E-state index contributed by atoms with van der Waals surface area (Å²) in [7, 11) is 0. The molecule has 1 saturated carbocycles. The molecule has 1 N–H and O–H groups in total. The van der Waals surface area contributed by atoms with E-state index in [-0.39, 0.29) is 17.0 Å². The van der Waals surface area contributed by atoms with Gasteiger partial charge in [-0.2, -0.15) is 8.78 Å². The average Bonchev–Trinajstić information content (AvgIpc) is 3.33. The number of thiophene rings is 1. The SMILES string of the molecule is O=C(c1ccc(OC(F)F)s1)N1C[C@@H]2CC[C@@H](Nc3ccc(Cl)nn3)[C@@H]2C1. The molecule has 0 aromatic carbocycles. The molecule has 2 aromatic heterocycles. The van der Waals surface area contributed by atoms with Crippen LogP contribution in [0.2, 0.25) is 5.15 Å². The minimum Gasteiger partial charge on any atom is -0.425 e. The van der Waals surface area contributed by atoms with Crippen LogP contribution in [0.25, 0.3) is 0 Å². The lowest BCUT2D eigenvalue weighted by atomic mass is 9.98. The number of fused-ring (bicyclic) bond motifs is 1. The van der Waals surface area contributed by atoms with E-state index in [2.05, 4.69) is 20.3 Å². The number of aromatic nitrogens is 2. The molecule has 1 saturated heterocycles. The largest absolute Gasteiger partial charge is 0.425 e. The molecule has 4 rings (SSSR count). The Balaban J connectivity index is 1.39. The molecule has 2 aliphatic rings. The van der Waals surface area contributed by atoms with Crippen LogP contribution in [0, 0.1) is 11.8 Å². The number of alkyl halides is 2. The molecular weight excluding hydrogens is 398 g/mol. The first-order chi connectivity index (χ1) is 13.0. The molecule has 2 aromatic rings. The van der Waals surface area contributed by atoms with Gasteiger partial charge in [-0.25, -0.2) is 0 Å². The van der Waals surface area contributed by atoms with Crippen molar-refractivity contribution in [2.45, 2.75) is 25.5 Å². The summed E-state index contributed by atoms with van der Waals surface area (Å²) in [6.45, 7) is -1.58. The van der Waals surface area contributed by atoms with E-state index in [1.807, 2.05) is 0 Å². The molecule has 144 valence electrons. The summed E-state index contributed by atoms with van der Waals surface area (Å²) in [6, 6.07) is 6.63. The number of ether oxygens (including phenoxy) is 1. The second-order valence-corrected chi connectivity index (χ2v) is 8.13. The van der Waals surface area contributed by atoms with Gasteiger partial charge in [0.05, 0.1) is 4.88 Å². The Morgan fingerprint density at radius 2 is 2.11 bits per heavy atom. The van der Waals surface area contributed by atoms with Crippen LogP contribution in [0.4, 0.5) is 14.6 Å². The molecule has 3 atom stereocenters. The normalized spacial score (nSPS) is 24.3. The summed E-state index contributed by atoms with van der Waals surface area (Å²) in [5, 5.41) is 11.7. The third-order valence-electron chi connectivity index (χ3n) is 5.11. The van der Waals surface area contributed by atoms with E-state index in [0.29, 0.717) is 40.8 Å². The van der Waals surface area contributed by atoms with Crippen LogP contribution in [-0.2, 0) is 0 Å². The summed E-state index contributed by atoms with van der Waals surface area (Å²) < 4.78 is 29.0. The van der Waals surface area contributed by atoms with E-state index in [9.17, 15) is 13.6 Å². The first-order valence-corrected chi connectivity index (χ1v) is 9.79. The Hall–Kier alpha value is -2.00. The number of halogens is 3. The average molecular weight is 415 g/mol. The summed E-state index contributed by atoms with van der Waals surface area (Å²) in [6.07, 6.45) is 2.03. The highest BCUT2D eigenvalue weighted by molar-refractivity contribution is 7.15. The van der Waals surface area contributed by atoms with Gasteiger partial charge in [-0.15, -0.1) is 10.2 Å². The van der Waals surface area contributed by atoms with E-state index in [1.54, 1.807) is 17.0 Å². The number of carbonyl (C=O) groups excluding carboxylic acids is 1. The van der Waals surface area contributed by atoms with Crippen molar-refractivity contribution in [1.82, 2.24) is 15.1 Å². The molecule has 0 bridgehead atoms. The molecule has 1 aliphatic heterocycles. The van der Waals surface area contributed by atoms with Crippen LogP contribution in [0.5, 0.6) is 5.06 Å². The zero-order chi connectivity index (χ0) is 19.0. The fourth-order valence-electron chi connectivity index (χ4n) is 3.94. The van der Waals surface area contributed by atoms with E-state index >= 15 is 0 Å². The number of anilines is 1. The second kappa shape index (κ2) is 7.55. The Morgan fingerprint density at radius 3 is 2.85 bits per heavy atom. The number of rotatable bonds is 5. The van der Waals surface area contributed by atoms with Crippen LogP contribution < -0.4 is 10.1 Å². The van der Waals surface area contributed by atoms with Gasteiger partial charge in [0.1, 0.15) is 5.82 Å². The van der Waals surface area contributed by atoms with Gasteiger partial charge < -0.3 is 15.0 Å². The van der Waals surface area contributed by atoms with Gasteiger partial charge in [-0.3, -0.25) is 4.79 Å². The first-order valence-electron chi connectivity index (χ1n) is 8.59. The maximum atomic E-state index is 12.7. The Labute approximate surface area is 163 Å². The van der Waals surface area contributed by atoms with Crippen molar-refractivity contribution in [2.24, 2.45) is 11.8 Å². The number of hydrogen-bond donors (Lipinski definition) is 1. The minimum atomic E-state index is -2.89. The molecule has 1 amide bonds. The number of hydrogen-bond acceptors (Lipinski definition) is 6. The van der Waals surface area contributed by atoms with Crippen molar-refractivity contribution in [2.75, 3.05) is 18.4 Å². The van der Waals surface area contributed by atoms with Gasteiger partial charge in [0.2, 0.25) is 0 Å². The predicted octanol–water partition coefficient (Wildman–Crippen LogP) is 3.76. The molecular formula is C17H17ClF2N4O2S. The van der Waals surface area contributed by atoms with E-state index in [4.69, 9.17) is 11.6 Å². The van der Waals surface area contributed by atoms with Gasteiger partial charge in [-0.05, 0) is 43.0 Å². The lowest BCUT2D eigenvalue weighted by Gasteiger charge is -2.21. The lowest BCUT2D eigenvalue weighted by molar-refractivity contribution is -0.0472. The fourth-order valence-corrected chi connectivity index (χ4v) is 4.86. The van der Waals surface area contributed by atoms with Crippen LogP contribution in [0.3, 0.4) is 0 Å². The Bertz CT molecular complexity index is 820. The highest BCUT2D eigenvalue weighted by Crippen LogP contribution is 2.40. The Morgan fingerprint density at radius 1 is 1.26 bits per heavy atom. The molecule has 1 aliphatic carbocycles. The highest BCUT2D eigenvalue weighted by atomic mass is 35.5. The molecule has 10 heteroatoms. The topological polar surface area (TPSA) is 67.3 Å². The number of carbonyl (C=O) groups is 1. The Kier molecular flexibility index (Phi) is 5.14. The zero-order valence-electron chi connectivity index (χ0n) is 14.1. The monoisotopic (exact) mass is 414 g/mol. The van der Waals surface area contributed by atoms with Gasteiger partial charge in [-0.1, -0.05) is 22.9 Å². The van der Waals surface area contributed by atoms with E-state index in [0.717, 1.165) is 24.2 Å². The molecule has 0 spiro atoms. The third-order valence-corrected chi connectivity index (χ3v) is 6.27. The summed E-state index contributed by atoms with van der Waals surface area (Å²) in [5.41, 5.74) is 0. The molecule has 0 unspecified atom stereocenters. The summed E-state index contributed by atoms with van der Waals surface area (Å²) in [5.74, 6) is 1.28. The lowest BCUT2D eigenvalue weighted by Crippen LogP contribution is -2.33. The third kappa shape index (κ3) is 3.98. The van der Waals surface area contributed by atoms with Gasteiger partial charge in [0.15, 0.2) is 10.2 Å². The number of amides is 1. The van der Waals surface area contributed by atoms with Crippen molar-refractivity contribution in [1.29, 1.82) is 0 Å². The fraction of sp³-hybridized carbons (Fsp3) is 0.471. The van der Waals surface area contributed by atoms with E-state index in [1.165, 1.54) is 12.1 Å². The molecule has 0 radical (unpaired) electrons. The molecule has 3 heterocycles. The van der Waals surface area contributed by atoms with Crippen molar-refractivity contribution in [3.05, 3.63) is 34.3 Å². The number of likely N-dealkylation sites (tertiary alicyclic amines) is 1. The van der Waals surface area contributed by atoms with Crippen molar-refractivity contribution < 1.29 is 18.3 Å². The molecule has 2 fully saturated rings. The highest BCUT2D eigenvalue weighted by Gasteiger charge is 2.44. The van der Waals surface area contributed by atoms with Crippen LogP contribution in [0.1, 0.15) is 22.5 Å². The van der Waals surface area contributed by atoms with Gasteiger partial charge in [0.25, 0.3) is 5.91 Å². The predicted molar refractivity (Wildman–Crippen MR) is 97.5 cm³/mol. The van der Waals surface area contributed by atoms with Crippen molar-refractivity contribution in [3.63, 3.8) is 0 Å². The summed E-state index contributed by atoms with van der Waals surface area (Å²) in [4.78, 5) is 14.9. The van der Waals surface area contributed by atoms with Crippen LogP contribution in [0.15, 0.2) is 24.3 Å². The maximum absolute atomic E-state index is 12.7. The van der Waals surface area contributed by atoms with Crippen LogP contribution >= 0.6 is 22.9 Å². The van der Waals surface area contributed by atoms with Gasteiger partial charge in [0, 0.05) is 25.0 Å².